The number of carboxylic acids is 1. The van der Waals surface area contributed by atoms with Crippen LogP contribution in [0, 0.1) is 0 Å². The Morgan fingerprint density at radius 1 is 1.17 bits per heavy atom. The molecule has 0 aliphatic carbocycles. The molecule has 5 rings (SSSR count). The molecule has 180 valence electrons. The van der Waals surface area contributed by atoms with Crippen LogP contribution in [0.25, 0.3) is 16.7 Å². The summed E-state index contributed by atoms with van der Waals surface area (Å²) >= 11 is 13.5. The van der Waals surface area contributed by atoms with Crippen LogP contribution in [0.2, 0.25) is 10.0 Å². The van der Waals surface area contributed by atoms with Gasteiger partial charge in [0, 0.05) is 38.8 Å². The third-order valence-corrected chi connectivity index (χ3v) is 6.90. The monoisotopic (exact) mass is 529 g/mol. The summed E-state index contributed by atoms with van der Waals surface area (Å²) in [6.45, 7) is 1.23. The molecule has 2 N–H and O–H groups in total. The highest BCUT2D eigenvalue weighted by atomic mass is 35.5. The maximum absolute atomic E-state index is 11.6. The molecule has 4 aromatic rings. The molecule has 0 radical (unpaired) electrons. The lowest BCUT2D eigenvalue weighted by molar-refractivity contribution is -0.135. The minimum atomic E-state index is -0.948. The van der Waals surface area contributed by atoms with Crippen molar-refractivity contribution < 1.29 is 14.6 Å². The smallest absolute Gasteiger partial charge is 0.324 e. The van der Waals surface area contributed by atoms with Crippen LogP contribution in [0.1, 0.15) is 6.42 Å². The predicted octanol–water partition coefficient (Wildman–Crippen LogP) is 5.53. The molecule has 2 aromatic carbocycles. The van der Waals surface area contributed by atoms with Gasteiger partial charge in [-0.2, -0.15) is 0 Å². The molecular formula is C24H21Cl2N5O3S. The normalized spacial score (nSPS) is 15.4. The molecule has 0 spiro atoms. The van der Waals surface area contributed by atoms with Gasteiger partial charge < -0.3 is 19.5 Å². The first-order valence-corrected chi connectivity index (χ1v) is 12.4. The van der Waals surface area contributed by atoms with Crippen LogP contribution in [0.5, 0.6) is 0 Å². The molecule has 1 atom stereocenters. The van der Waals surface area contributed by atoms with Crippen molar-refractivity contribution in [3.8, 4) is 5.82 Å². The number of fused-ring (bicyclic) bond motifs is 1. The summed E-state index contributed by atoms with van der Waals surface area (Å²) in [6.07, 6.45) is 6.31. The van der Waals surface area contributed by atoms with Crippen LogP contribution >= 0.6 is 35.1 Å². The van der Waals surface area contributed by atoms with E-state index in [1.807, 2.05) is 35.0 Å². The molecule has 1 fully saturated rings. The summed E-state index contributed by atoms with van der Waals surface area (Å²) in [5.74, 6) is 0.452. The number of benzene rings is 2. The number of carbonyl (C=O) groups is 1. The van der Waals surface area contributed by atoms with E-state index in [0.29, 0.717) is 28.3 Å². The number of hydrogen-bond donors (Lipinski definition) is 2. The Morgan fingerprint density at radius 3 is 2.69 bits per heavy atom. The summed E-state index contributed by atoms with van der Waals surface area (Å²) in [6, 6.07) is 13.1. The van der Waals surface area contributed by atoms with E-state index >= 15 is 0 Å². The summed E-state index contributed by atoms with van der Waals surface area (Å²) in [7, 11) is 0. The zero-order valence-corrected chi connectivity index (χ0v) is 20.7. The van der Waals surface area contributed by atoms with Gasteiger partial charge >= 0.3 is 5.97 Å². The van der Waals surface area contributed by atoms with Crippen molar-refractivity contribution in [2.75, 3.05) is 29.4 Å². The van der Waals surface area contributed by atoms with E-state index in [4.69, 9.17) is 27.9 Å². The van der Waals surface area contributed by atoms with Crippen molar-refractivity contribution in [1.82, 2.24) is 14.5 Å². The lowest BCUT2D eigenvalue weighted by Gasteiger charge is -2.22. The van der Waals surface area contributed by atoms with Crippen molar-refractivity contribution in [1.29, 1.82) is 0 Å². The second kappa shape index (κ2) is 10.3. The fourth-order valence-electron chi connectivity index (χ4n) is 3.87. The zero-order chi connectivity index (χ0) is 24.4. The molecule has 1 saturated heterocycles. The summed E-state index contributed by atoms with van der Waals surface area (Å²) in [5, 5.41) is 14.7. The number of anilines is 2. The van der Waals surface area contributed by atoms with Gasteiger partial charge in [0.1, 0.15) is 12.4 Å². The molecule has 35 heavy (non-hydrogen) atoms. The van der Waals surface area contributed by atoms with E-state index < -0.39 is 5.97 Å². The van der Waals surface area contributed by atoms with Crippen LogP contribution in [-0.2, 0) is 9.53 Å². The molecule has 2 aromatic heterocycles. The minimum absolute atomic E-state index is 0.201. The maximum Gasteiger partial charge on any atom is 0.324 e. The highest BCUT2D eigenvalue weighted by Crippen LogP contribution is 2.34. The molecule has 8 nitrogen and oxygen atoms in total. The van der Waals surface area contributed by atoms with Crippen LogP contribution in [0.3, 0.4) is 0 Å². The van der Waals surface area contributed by atoms with Gasteiger partial charge in [-0.3, -0.25) is 9.36 Å². The Hall–Kier alpha value is -2.98. The SMILES string of the molecule is O=C(O)CN(Sc1cc(Cl)cc(Cl)c1)c1ccc2c(ccn2-c2cnc(N[C@@H]3CCOC3)cn2)c1. The topological polar surface area (TPSA) is 92.5 Å². The average Bonchev–Trinajstić information content (AvgIpc) is 3.48. The van der Waals surface area contributed by atoms with Crippen LogP contribution in [0.15, 0.2) is 66.0 Å². The van der Waals surface area contributed by atoms with Gasteiger partial charge in [-0.1, -0.05) is 23.2 Å². The fraction of sp³-hybridized carbons (Fsp3) is 0.208. The quantitative estimate of drug-likeness (QED) is 0.288. The van der Waals surface area contributed by atoms with E-state index in [1.165, 1.54) is 11.9 Å². The van der Waals surface area contributed by atoms with Crippen LogP contribution in [-0.4, -0.2) is 51.4 Å². The number of ether oxygens (including phenoxy) is 1. The van der Waals surface area contributed by atoms with Gasteiger partial charge in [0.2, 0.25) is 0 Å². The number of aromatic nitrogens is 3. The van der Waals surface area contributed by atoms with Crippen molar-refractivity contribution in [3.63, 3.8) is 0 Å². The van der Waals surface area contributed by atoms with E-state index in [2.05, 4.69) is 15.3 Å². The number of rotatable bonds is 8. The first kappa shape index (κ1) is 23.7. The predicted molar refractivity (Wildman–Crippen MR) is 139 cm³/mol. The molecule has 11 heteroatoms. The number of hydrogen-bond acceptors (Lipinski definition) is 7. The van der Waals surface area contributed by atoms with E-state index in [1.54, 1.807) is 34.9 Å². The summed E-state index contributed by atoms with van der Waals surface area (Å²) in [5.41, 5.74) is 1.67. The molecule has 0 saturated carbocycles. The van der Waals surface area contributed by atoms with Crippen molar-refractivity contribution >= 4 is 63.5 Å². The van der Waals surface area contributed by atoms with E-state index in [9.17, 15) is 9.90 Å². The highest BCUT2D eigenvalue weighted by molar-refractivity contribution is 8.00. The van der Waals surface area contributed by atoms with Gasteiger partial charge in [-0.25, -0.2) is 9.97 Å². The van der Waals surface area contributed by atoms with Crippen LogP contribution in [0.4, 0.5) is 11.5 Å². The van der Waals surface area contributed by atoms with Crippen molar-refractivity contribution in [2.24, 2.45) is 0 Å². The standard InChI is InChI=1S/C24H21Cl2N5O3S/c25-16-8-17(26)10-20(9-16)35-31(13-24(32)33)19-1-2-21-15(7-19)3-5-30(21)23-12-27-22(11-28-23)29-18-4-6-34-14-18/h1-3,5,7-12,18H,4,6,13-14H2,(H,27,29)(H,32,33)/t18-/m1/s1. The molecule has 1 aliphatic heterocycles. The van der Waals surface area contributed by atoms with E-state index in [-0.39, 0.29) is 12.6 Å². The third kappa shape index (κ3) is 5.65. The first-order chi connectivity index (χ1) is 16.9. The molecule has 0 bridgehead atoms. The van der Waals surface area contributed by atoms with Crippen LogP contribution < -0.4 is 9.62 Å². The Morgan fingerprint density at radius 2 is 2.00 bits per heavy atom. The Kier molecular flexibility index (Phi) is 7.01. The number of halogens is 2. The number of nitrogens with zero attached hydrogens (tertiary/aromatic N) is 4. The number of carboxylic acid groups (broad SMARTS) is 1. The lowest BCUT2D eigenvalue weighted by Crippen LogP contribution is -2.22. The first-order valence-electron chi connectivity index (χ1n) is 10.9. The maximum atomic E-state index is 11.6. The molecule has 3 heterocycles. The molecule has 1 aliphatic rings. The van der Waals surface area contributed by atoms with Gasteiger partial charge in [0.25, 0.3) is 0 Å². The van der Waals surface area contributed by atoms with Crippen molar-refractivity contribution in [3.05, 3.63) is 71.1 Å². The number of aliphatic carboxylic acids is 1. The minimum Gasteiger partial charge on any atom is -0.480 e. The number of nitrogens with one attached hydrogen (secondary N) is 1. The molecular weight excluding hydrogens is 509 g/mol. The zero-order valence-electron chi connectivity index (χ0n) is 18.4. The Labute approximate surface area is 216 Å². The lowest BCUT2D eigenvalue weighted by atomic mass is 10.2. The molecule has 0 amide bonds. The largest absolute Gasteiger partial charge is 0.480 e. The fourth-order valence-corrected chi connectivity index (χ4v) is 5.53. The van der Waals surface area contributed by atoms with Gasteiger partial charge in [0.05, 0.1) is 30.6 Å². The Balaban J connectivity index is 1.39. The van der Waals surface area contributed by atoms with Crippen molar-refractivity contribution in [2.45, 2.75) is 17.4 Å². The second-order valence-corrected chi connectivity index (χ2v) is 9.99. The van der Waals surface area contributed by atoms with Gasteiger partial charge in [-0.05, 0) is 60.8 Å². The van der Waals surface area contributed by atoms with E-state index in [0.717, 1.165) is 34.5 Å². The highest BCUT2D eigenvalue weighted by Gasteiger charge is 2.17. The summed E-state index contributed by atoms with van der Waals surface area (Å²) in [4.78, 5) is 21.4. The third-order valence-electron chi connectivity index (χ3n) is 5.46. The summed E-state index contributed by atoms with van der Waals surface area (Å²) < 4.78 is 9.02. The second-order valence-electron chi connectivity index (χ2n) is 8.02. The Bertz CT molecular complexity index is 1340. The molecule has 0 unspecified atom stereocenters. The van der Waals surface area contributed by atoms with Gasteiger partial charge in [0.15, 0.2) is 5.82 Å². The average molecular weight is 530 g/mol. The van der Waals surface area contributed by atoms with Gasteiger partial charge in [-0.15, -0.1) is 0 Å².